The summed E-state index contributed by atoms with van der Waals surface area (Å²) < 4.78 is 3.47. The third kappa shape index (κ3) is 1.89. The van der Waals surface area contributed by atoms with Crippen LogP contribution in [0.1, 0.15) is 10.4 Å². The second-order valence-electron chi connectivity index (χ2n) is 2.58. The Morgan fingerprint density at radius 1 is 1.23 bits per heavy atom. The average Bonchev–Trinajstić information content (AvgIpc) is 2.42. The predicted molar refractivity (Wildman–Crippen MR) is 72.6 cm³/mol. The van der Waals surface area contributed by atoms with Crippen molar-refractivity contribution in [3.8, 4) is 0 Å². The van der Waals surface area contributed by atoms with Crippen molar-refractivity contribution < 1.29 is 4.79 Å². The molecule has 2 aromatic rings. The van der Waals surface area contributed by atoms with E-state index in [1.54, 1.807) is 11.3 Å². The lowest BCUT2D eigenvalue weighted by molar-refractivity contribution is 0.112. The SMILES string of the molecule is O=Cc1cc2sc(I)cc2cc1I. The smallest absolute Gasteiger partial charge is 0.151 e. The summed E-state index contributed by atoms with van der Waals surface area (Å²) in [5.41, 5.74) is 0.784. The van der Waals surface area contributed by atoms with Crippen molar-refractivity contribution in [2.24, 2.45) is 0 Å². The summed E-state index contributed by atoms with van der Waals surface area (Å²) in [6.45, 7) is 0. The predicted octanol–water partition coefficient (Wildman–Crippen LogP) is 3.92. The van der Waals surface area contributed by atoms with Gasteiger partial charge >= 0.3 is 0 Å². The molecular formula is C9H4I2OS. The average molecular weight is 414 g/mol. The van der Waals surface area contributed by atoms with Crippen LogP contribution in [0.5, 0.6) is 0 Å². The van der Waals surface area contributed by atoms with E-state index in [2.05, 4.69) is 57.3 Å². The number of halogens is 2. The van der Waals surface area contributed by atoms with Crippen LogP contribution in [0.15, 0.2) is 18.2 Å². The fourth-order valence-corrected chi connectivity index (χ4v) is 3.62. The molecule has 0 aliphatic carbocycles. The van der Waals surface area contributed by atoms with E-state index in [1.807, 2.05) is 6.07 Å². The molecule has 0 radical (unpaired) electrons. The Kier molecular flexibility index (Phi) is 2.89. The number of carbonyl (C=O) groups excluding carboxylic acids is 1. The van der Waals surface area contributed by atoms with E-state index in [1.165, 1.54) is 13.0 Å². The third-order valence-electron chi connectivity index (χ3n) is 1.73. The van der Waals surface area contributed by atoms with E-state index in [0.717, 1.165) is 15.4 Å². The second-order valence-corrected chi connectivity index (χ2v) is 6.72. The number of hydrogen-bond donors (Lipinski definition) is 0. The maximum atomic E-state index is 10.7. The van der Waals surface area contributed by atoms with Crippen molar-refractivity contribution in [3.63, 3.8) is 0 Å². The molecule has 0 N–H and O–H groups in total. The highest BCUT2D eigenvalue weighted by molar-refractivity contribution is 14.1. The highest BCUT2D eigenvalue weighted by Gasteiger charge is 2.04. The van der Waals surface area contributed by atoms with Gasteiger partial charge in [-0.2, -0.15) is 0 Å². The zero-order valence-electron chi connectivity index (χ0n) is 6.38. The molecular weight excluding hydrogens is 410 g/mol. The van der Waals surface area contributed by atoms with Gasteiger partial charge in [0.25, 0.3) is 0 Å². The van der Waals surface area contributed by atoms with E-state index in [0.29, 0.717) is 0 Å². The minimum absolute atomic E-state index is 0.784. The molecule has 0 saturated carbocycles. The van der Waals surface area contributed by atoms with Gasteiger partial charge in [0.1, 0.15) is 0 Å². The largest absolute Gasteiger partial charge is 0.298 e. The molecule has 13 heavy (non-hydrogen) atoms. The molecule has 0 saturated heterocycles. The Morgan fingerprint density at radius 3 is 2.69 bits per heavy atom. The van der Waals surface area contributed by atoms with Gasteiger partial charge < -0.3 is 0 Å². The molecule has 0 atom stereocenters. The van der Waals surface area contributed by atoms with Gasteiger partial charge in [0.2, 0.25) is 0 Å². The van der Waals surface area contributed by atoms with Crippen LogP contribution in [0, 0.1) is 6.45 Å². The van der Waals surface area contributed by atoms with Crippen LogP contribution in [0.25, 0.3) is 10.1 Å². The summed E-state index contributed by atoms with van der Waals surface area (Å²) in [5.74, 6) is 0. The molecule has 0 unspecified atom stereocenters. The Balaban J connectivity index is 2.79. The zero-order valence-corrected chi connectivity index (χ0v) is 11.5. The van der Waals surface area contributed by atoms with Gasteiger partial charge in [-0.15, -0.1) is 11.3 Å². The number of aldehydes is 1. The summed E-state index contributed by atoms with van der Waals surface area (Å²) in [5, 5.41) is 1.23. The Hall–Kier alpha value is 0.310. The molecule has 0 amide bonds. The molecule has 66 valence electrons. The van der Waals surface area contributed by atoms with Gasteiger partial charge in [-0.05, 0) is 68.8 Å². The number of fused-ring (bicyclic) bond motifs is 1. The van der Waals surface area contributed by atoms with Gasteiger partial charge in [-0.25, -0.2) is 0 Å². The van der Waals surface area contributed by atoms with E-state index < -0.39 is 0 Å². The summed E-state index contributed by atoms with van der Waals surface area (Å²) >= 11 is 6.20. The van der Waals surface area contributed by atoms with E-state index in [9.17, 15) is 4.79 Å². The Bertz CT molecular complexity index is 476. The first kappa shape index (κ1) is 9.85. The number of thiophene rings is 1. The first-order valence-corrected chi connectivity index (χ1v) is 6.52. The van der Waals surface area contributed by atoms with Gasteiger partial charge in [0, 0.05) is 13.8 Å². The fourth-order valence-electron chi connectivity index (χ4n) is 1.13. The topological polar surface area (TPSA) is 17.1 Å². The van der Waals surface area contributed by atoms with E-state index in [-0.39, 0.29) is 0 Å². The van der Waals surface area contributed by atoms with Gasteiger partial charge in [-0.3, -0.25) is 4.79 Å². The molecule has 1 aromatic carbocycles. The van der Waals surface area contributed by atoms with Crippen molar-refractivity contribution in [2.45, 2.75) is 0 Å². The number of benzene rings is 1. The van der Waals surface area contributed by atoms with Crippen LogP contribution < -0.4 is 0 Å². The molecule has 0 bridgehead atoms. The molecule has 0 spiro atoms. The van der Waals surface area contributed by atoms with Gasteiger partial charge in [0.05, 0.1) is 2.88 Å². The van der Waals surface area contributed by atoms with Crippen molar-refractivity contribution in [3.05, 3.63) is 30.2 Å². The zero-order chi connectivity index (χ0) is 9.42. The van der Waals surface area contributed by atoms with Crippen molar-refractivity contribution in [2.75, 3.05) is 0 Å². The quantitative estimate of drug-likeness (QED) is 0.511. The lowest BCUT2D eigenvalue weighted by atomic mass is 10.2. The van der Waals surface area contributed by atoms with Crippen molar-refractivity contribution in [1.29, 1.82) is 0 Å². The molecule has 1 heterocycles. The van der Waals surface area contributed by atoms with Gasteiger partial charge in [-0.1, -0.05) is 0 Å². The molecule has 4 heteroatoms. The maximum Gasteiger partial charge on any atom is 0.151 e. The molecule has 1 nitrogen and oxygen atoms in total. The van der Waals surface area contributed by atoms with E-state index in [4.69, 9.17) is 0 Å². The molecule has 0 aliphatic rings. The Labute approximate surface area is 107 Å². The number of rotatable bonds is 1. The number of carbonyl (C=O) groups is 1. The minimum atomic E-state index is 0.784. The van der Waals surface area contributed by atoms with E-state index >= 15 is 0 Å². The van der Waals surface area contributed by atoms with Crippen molar-refractivity contribution >= 4 is 72.9 Å². The summed E-state index contributed by atoms with van der Waals surface area (Å²) in [6.07, 6.45) is 0.911. The van der Waals surface area contributed by atoms with Crippen LogP contribution in [-0.2, 0) is 0 Å². The second kappa shape index (κ2) is 3.82. The van der Waals surface area contributed by atoms with Crippen LogP contribution in [0.2, 0.25) is 0 Å². The van der Waals surface area contributed by atoms with Crippen LogP contribution in [0.4, 0.5) is 0 Å². The van der Waals surface area contributed by atoms with Crippen LogP contribution in [-0.4, -0.2) is 6.29 Å². The lowest BCUT2D eigenvalue weighted by Crippen LogP contribution is -1.83. The van der Waals surface area contributed by atoms with Crippen LogP contribution in [0.3, 0.4) is 0 Å². The molecule has 2 rings (SSSR count). The number of hydrogen-bond acceptors (Lipinski definition) is 2. The molecule has 0 fully saturated rings. The van der Waals surface area contributed by atoms with Crippen molar-refractivity contribution in [1.82, 2.24) is 0 Å². The lowest BCUT2D eigenvalue weighted by Gasteiger charge is -1.95. The highest BCUT2D eigenvalue weighted by atomic mass is 127. The summed E-state index contributed by atoms with van der Waals surface area (Å²) in [6, 6.07) is 6.15. The fraction of sp³-hybridized carbons (Fsp3) is 0. The first-order chi connectivity index (χ1) is 6.20. The minimum Gasteiger partial charge on any atom is -0.298 e. The molecule has 1 aromatic heterocycles. The standard InChI is InChI=1S/C9H4I2OS/c10-7-1-5-3-9(11)13-8(5)2-6(7)4-12/h1-4H. The maximum absolute atomic E-state index is 10.7. The summed E-state index contributed by atoms with van der Waals surface area (Å²) in [4.78, 5) is 10.7. The molecule has 0 aliphatic heterocycles. The summed E-state index contributed by atoms with van der Waals surface area (Å²) in [7, 11) is 0. The van der Waals surface area contributed by atoms with Crippen LogP contribution >= 0.6 is 56.5 Å². The van der Waals surface area contributed by atoms with Gasteiger partial charge in [0.15, 0.2) is 6.29 Å². The monoisotopic (exact) mass is 414 g/mol. The first-order valence-electron chi connectivity index (χ1n) is 3.54. The normalized spacial score (nSPS) is 10.6. The third-order valence-corrected chi connectivity index (χ3v) is 4.53. The Morgan fingerprint density at radius 2 is 2.00 bits per heavy atom. The highest BCUT2D eigenvalue weighted by Crippen LogP contribution is 2.29.